The van der Waals surface area contributed by atoms with Gasteiger partial charge in [-0.1, -0.05) is 0 Å². The van der Waals surface area contributed by atoms with Crippen LogP contribution in [0.15, 0.2) is 18.2 Å². The number of methoxy groups -OCH3 is 1. The zero-order valence-electron chi connectivity index (χ0n) is 10.6. The summed E-state index contributed by atoms with van der Waals surface area (Å²) in [6, 6.07) is 4.97. The van der Waals surface area contributed by atoms with E-state index in [1.54, 1.807) is 18.2 Å². The molecule has 0 aromatic heterocycles. The van der Waals surface area contributed by atoms with Gasteiger partial charge in [0, 0.05) is 11.1 Å². The third-order valence-electron chi connectivity index (χ3n) is 2.52. The number of rotatable bonds is 6. The van der Waals surface area contributed by atoms with Crippen molar-refractivity contribution < 1.29 is 24.2 Å². The summed E-state index contributed by atoms with van der Waals surface area (Å²) in [5.74, 6) is -0.528. The maximum atomic E-state index is 11.3. The molecule has 0 bridgehead atoms. The van der Waals surface area contributed by atoms with Gasteiger partial charge < -0.3 is 14.6 Å². The summed E-state index contributed by atoms with van der Waals surface area (Å²) in [4.78, 5) is 21.9. The Balaban J connectivity index is 2.88. The number of Topliss-reactive ketones (excluding diaryl/α,β-unsaturated/α-hetero) is 1. The number of benzene rings is 1. The first kappa shape index (κ1) is 14.2. The average Bonchev–Trinajstić information content (AvgIpc) is 2.35. The van der Waals surface area contributed by atoms with Crippen LogP contribution in [0.3, 0.4) is 0 Å². The van der Waals surface area contributed by atoms with E-state index in [1.165, 1.54) is 21.0 Å². The van der Waals surface area contributed by atoms with Crippen LogP contribution in [0.2, 0.25) is 0 Å². The maximum absolute atomic E-state index is 11.3. The second kappa shape index (κ2) is 6.16. The summed E-state index contributed by atoms with van der Waals surface area (Å²) >= 11 is 0. The molecule has 0 saturated heterocycles. The molecule has 18 heavy (non-hydrogen) atoms. The standard InChI is InChI=1S/C13H16O5/c1-8(14)10-4-5-12(17-3)11(6-10)7-18-9(2)13(15)16/h4-6,9H,7H2,1-3H3,(H,15,16). The van der Waals surface area contributed by atoms with Gasteiger partial charge in [0.15, 0.2) is 11.9 Å². The number of aliphatic carboxylic acids is 1. The molecule has 0 aliphatic rings. The van der Waals surface area contributed by atoms with E-state index in [0.717, 1.165) is 0 Å². The Morgan fingerprint density at radius 1 is 1.39 bits per heavy atom. The Kier molecular flexibility index (Phi) is 4.85. The molecule has 0 amide bonds. The fraction of sp³-hybridized carbons (Fsp3) is 0.385. The number of carboxylic acids is 1. The van der Waals surface area contributed by atoms with Crippen LogP contribution in [-0.4, -0.2) is 30.1 Å². The van der Waals surface area contributed by atoms with Gasteiger partial charge in [-0.15, -0.1) is 0 Å². The largest absolute Gasteiger partial charge is 0.496 e. The van der Waals surface area contributed by atoms with Crippen molar-refractivity contribution in [3.05, 3.63) is 29.3 Å². The van der Waals surface area contributed by atoms with Gasteiger partial charge in [0.2, 0.25) is 0 Å². The highest BCUT2D eigenvalue weighted by molar-refractivity contribution is 5.94. The fourth-order valence-corrected chi connectivity index (χ4v) is 1.40. The van der Waals surface area contributed by atoms with Crippen LogP contribution in [0.5, 0.6) is 5.75 Å². The zero-order valence-corrected chi connectivity index (χ0v) is 10.6. The second-order valence-corrected chi connectivity index (χ2v) is 3.87. The van der Waals surface area contributed by atoms with Crippen molar-refractivity contribution in [2.75, 3.05) is 7.11 Å². The predicted octanol–water partition coefficient (Wildman–Crippen LogP) is 1.89. The van der Waals surface area contributed by atoms with Crippen LogP contribution < -0.4 is 4.74 Å². The molecule has 0 aliphatic carbocycles. The monoisotopic (exact) mass is 252 g/mol. The van der Waals surface area contributed by atoms with Gasteiger partial charge in [0.1, 0.15) is 5.75 Å². The molecule has 1 N–H and O–H groups in total. The summed E-state index contributed by atoms with van der Waals surface area (Å²) in [7, 11) is 1.51. The van der Waals surface area contributed by atoms with Gasteiger partial charge in [-0.05, 0) is 32.0 Å². The number of carboxylic acid groups (broad SMARTS) is 1. The highest BCUT2D eigenvalue weighted by Gasteiger charge is 2.13. The van der Waals surface area contributed by atoms with Crippen molar-refractivity contribution in [1.29, 1.82) is 0 Å². The average molecular weight is 252 g/mol. The van der Waals surface area contributed by atoms with Crippen LogP contribution in [0.25, 0.3) is 0 Å². The molecule has 0 spiro atoms. The van der Waals surface area contributed by atoms with E-state index in [2.05, 4.69) is 0 Å². The minimum atomic E-state index is -1.03. The molecule has 1 unspecified atom stereocenters. The van der Waals surface area contributed by atoms with Gasteiger partial charge >= 0.3 is 5.97 Å². The number of carbonyl (C=O) groups is 2. The predicted molar refractivity (Wildman–Crippen MR) is 64.9 cm³/mol. The van der Waals surface area contributed by atoms with Crippen molar-refractivity contribution in [1.82, 2.24) is 0 Å². The third-order valence-corrected chi connectivity index (χ3v) is 2.52. The first-order chi connectivity index (χ1) is 8.45. The SMILES string of the molecule is COc1ccc(C(C)=O)cc1COC(C)C(=O)O. The number of carbonyl (C=O) groups excluding carboxylic acids is 1. The van der Waals surface area contributed by atoms with Crippen LogP contribution in [0, 0.1) is 0 Å². The fourth-order valence-electron chi connectivity index (χ4n) is 1.40. The highest BCUT2D eigenvalue weighted by atomic mass is 16.5. The highest BCUT2D eigenvalue weighted by Crippen LogP contribution is 2.21. The summed E-state index contributed by atoms with van der Waals surface area (Å²) < 4.78 is 10.3. The van der Waals surface area contributed by atoms with Crippen molar-refractivity contribution in [2.45, 2.75) is 26.6 Å². The minimum absolute atomic E-state index is 0.0646. The molecule has 1 aromatic rings. The maximum Gasteiger partial charge on any atom is 0.332 e. The van der Waals surface area contributed by atoms with E-state index in [0.29, 0.717) is 16.9 Å². The quantitative estimate of drug-likeness (QED) is 0.783. The molecule has 0 saturated carbocycles. The molecule has 0 fully saturated rings. The van der Waals surface area contributed by atoms with E-state index in [-0.39, 0.29) is 12.4 Å². The van der Waals surface area contributed by atoms with Crippen molar-refractivity contribution in [3.8, 4) is 5.75 Å². The Labute approximate surface area is 105 Å². The topological polar surface area (TPSA) is 72.8 Å². The Bertz CT molecular complexity index is 453. The molecule has 5 heteroatoms. The molecule has 1 atom stereocenters. The summed E-state index contributed by atoms with van der Waals surface area (Å²) in [5, 5.41) is 8.72. The molecule has 0 aliphatic heterocycles. The first-order valence-corrected chi connectivity index (χ1v) is 5.48. The minimum Gasteiger partial charge on any atom is -0.496 e. The summed E-state index contributed by atoms with van der Waals surface area (Å²) in [5.41, 5.74) is 1.19. The van der Waals surface area contributed by atoms with Crippen LogP contribution in [0.1, 0.15) is 29.8 Å². The van der Waals surface area contributed by atoms with Crippen LogP contribution in [-0.2, 0) is 16.1 Å². The summed E-state index contributed by atoms with van der Waals surface area (Å²) in [6.45, 7) is 2.99. The lowest BCUT2D eigenvalue weighted by Crippen LogP contribution is -2.19. The number of ketones is 1. The van der Waals surface area contributed by atoms with E-state index in [9.17, 15) is 9.59 Å². The zero-order chi connectivity index (χ0) is 13.7. The van der Waals surface area contributed by atoms with Gasteiger partial charge in [0.05, 0.1) is 13.7 Å². The lowest BCUT2D eigenvalue weighted by Gasteiger charge is -2.12. The summed E-state index contributed by atoms with van der Waals surface area (Å²) in [6.07, 6.45) is -0.907. The molecule has 0 heterocycles. The molecular weight excluding hydrogens is 236 g/mol. The number of ether oxygens (including phenoxy) is 2. The molecule has 0 radical (unpaired) electrons. The normalized spacial score (nSPS) is 11.9. The van der Waals surface area contributed by atoms with Gasteiger partial charge in [0.25, 0.3) is 0 Å². The second-order valence-electron chi connectivity index (χ2n) is 3.87. The Morgan fingerprint density at radius 3 is 2.56 bits per heavy atom. The first-order valence-electron chi connectivity index (χ1n) is 5.48. The number of hydrogen-bond acceptors (Lipinski definition) is 4. The number of hydrogen-bond donors (Lipinski definition) is 1. The third kappa shape index (κ3) is 3.56. The van der Waals surface area contributed by atoms with E-state index in [1.807, 2.05) is 0 Å². The molecule has 1 aromatic carbocycles. The lowest BCUT2D eigenvalue weighted by molar-refractivity contribution is -0.149. The van der Waals surface area contributed by atoms with Crippen molar-refractivity contribution in [2.24, 2.45) is 0 Å². The smallest absolute Gasteiger partial charge is 0.332 e. The molecule has 1 rings (SSSR count). The van der Waals surface area contributed by atoms with Crippen LogP contribution in [0.4, 0.5) is 0 Å². The van der Waals surface area contributed by atoms with Crippen molar-refractivity contribution in [3.63, 3.8) is 0 Å². The lowest BCUT2D eigenvalue weighted by atomic mass is 10.1. The van der Waals surface area contributed by atoms with Gasteiger partial charge in [-0.25, -0.2) is 4.79 Å². The molecule has 98 valence electrons. The Hall–Kier alpha value is -1.88. The van der Waals surface area contributed by atoms with E-state index >= 15 is 0 Å². The Morgan fingerprint density at radius 2 is 2.06 bits per heavy atom. The van der Waals surface area contributed by atoms with E-state index in [4.69, 9.17) is 14.6 Å². The van der Waals surface area contributed by atoms with Gasteiger partial charge in [-0.2, -0.15) is 0 Å². The van der Waals surface area contributed by atoms with E-state index < -0.39 is 12.1 Å². The van der Waals surface area contributed by atoms with Crippen LogP contribution >= 0.6 is 0 Å². The van der Waals surface area contributed by atoms with Gasteiger partial charge in [-0.3, -0.25) is 4.79 Å². The molecular formula is C13H16O5. The van der Waals surface area contributed by atoms with Crippen molar-refractivity contribution >= 4 is 11.8 Å². The molecule has 5 nitrogen and oxygen atoms in total.